The quantitative estimate of drug-likeness (QED) is 0.0923. The van der Waals surface area contributed by atoms with Gasteiger partial charge in [0.05, 0.1) is 17.1 Å². The van der Waals surface area contributed by atoms with Crippen molar-refractivity contribution >= 4 is 36.1 Å². The Bertz CT molecular complexity index is 3480. The van der Waals surface area contributed by atoms with E-state index in [1.54, 1.807) is 12.3 Å². The SMILES string of the molecule is C[C@H]1[C@H](/C=C/c2ccc(-c3cccc(F)c3)cn2)[C@@H]2[C@@H](C)OC(=O)[C@]2(O)C[C@@H]1C.C[C@H]1[C@H](/C=C/c2ccc(-c3ccccc3)cn2)[C@@H]2[C@@H](C)OC(=O)[C@]2(O)C[C@@H]1C.Cc1ccccc1-c1ccc(/C=C/[C@H]2[C@H](C)[C@@H](C)C[C@@]3(O)C(=O)O[C@H](C)[C@@H]23)nc1. The number of aromatic nitrogens is 3. The fraction of sp³-hybridized carbons (Fsp3) is 0.425. The molecule has 3 aliphatic carbocycles. The van der Waals surface area contributed by atoms with Gasteiger partial charge in [0, 0.05) is 53.0 Å². The molecule has 12 nitrogen and oxygen atoms in total. The average Bonchev–Trinajstić information content (AvgIpc) is 2.03. The first-order valence-corrected chi connectivity index (χ1v) is 30.6. The summed E-state index contributed by atoms with van der Waals surface area (Å²) in [6.07, 6.45) is 18.2. The third kappa shape index (κ3) is 12.2. The lowest BCUT2D eigenvalue weighted by molar-refractivity contribution is -0.161. The number of cyclic esters (lactones) is 3. The van der Waals surface area contributed by atoms with Crippen LogP contribution in [0, 0.1) is 83.8 Å². The Labute approximate surface area is 505 Å². The molecule has 12 rings (SSSR count). The molecule has 3 aliphatic heterocycles. The number of fused-ring (bicyclic) bond motifs is 3. The summed E-state index contributed by atoms with van der Waals surface area (Å²) in [5, 5.41) is 33.2. The first kappa shape index (κ1) is 61.6. The molecule has 0 radical (unpaired) electrons. The Hall–Kier alpha value is -7.45. The number of ether oxygens (including phenoxy) is 3. The minimum absolute atomic E-state index is 0.00916. The van der Waals surface area contributed by atoms with Crippen LogP contribution in [0.4, 0.5) is 4.39 Å². The van der Waals surface area contributed by atoms with Crippen molar-refractivity contribution in [2.45, 2.75) is 124 Å². The van der Waals surface area contributed by atoms with Crippen molar-refractivity contribution in [2.75, 3.05) is 0 Å². The van der Waals surface area contributed by atoms with E-state index in [-0.39, 0.29) is 77.4 Å². The van der Waals surface area contributed by atoms with Crippen molar-refractivity contribution < 1.29 is 48.3 Å². The van der Waals surface area contributed by atoms with Gasteiger partial charge >= 0.3 is 17.9 Å². The number of rotatable bonds is 9. The van der Waals surface area contributed by atoms with Gasteiger partial charge in [-0.25, -0.2) is 18.8 Å². The molecule has 0 spiro atoms. The van der Waals surface area contributed by atoms with E-state index in [2.05, 4.69) is 118 Å². The second kappa shape index (κ2) is 25.1. The van der Waals surface area contributed by atoms with E-state index in [1.165, 1.54) is 23.3 Å². The number of benzene rings is 3. The largest absolute Gasteiger partial charge is 0.460 e. The summed E-state index contributed by atoms with van der Waals surface area (Å²) in [6.45, 7) is 20.6. The van der Waals surface area contributed by atoms with E-state index in [4.69, 9.17) is 14.2 Å². The topological polar surface area (TPSA) is 178 Å². The molecular formula is C73H82FN3O9. The molecular weight excluding hydrogens is 1080 g/mol. The van der Waals surface area contributed by atoms with Gasteiger partial charge in [0.2, 0.25) is 0 Å². The number of aliphatic hydroxyl groups is 3. The third-order valence-corrected chi connectivity index (χ3v) is 20.3. The van der Waals surface area contributed by atoms with E-state index in [9.17, 15) is 34.1 Å². The van der Waals surface area contributed by atoms with Crippen LogP contribution in [-0.4, -0.2) is 83.3 Å². The van der Waals surface area contributed by atoms with Crippen molar-refractivity contribution in [1.82, 2.24) is 15.0 Å². The molecule has 13 heteroatoms. The molecule has 3 saturated carbocycles. The number of halogens is 1. The summed E-state index contributed by atoms with van der Waals surface area (Å²) in [4.78, 5) is 50.5. The summed E-state index contributed by atoms with van der Waals surface area (Å²) in [5.74, 6) is -0.592. The lowest BCUT2D eigenvalue weighted by Crippen LogP contribution is -2.52. The third-order valence-electron chi connectivity index (χ3n) is 20.3. The molecule has 86 heavy (non-hydrogen) atoms. The minimum atomic E-state index is -1.41. The molecule has 3 aromatic carbocycles. The highest BCUT2D eigenvalue weighted by Crippen LogP contribution is 2.54. The van der Waals surface area contributed by atoms with Gasteiger partial charge in [-0.1, -0.05) is 145 Å². The van der Waals surface area contributed by atoms with Crippen LogP contribution in [-0.2, 0) is 28.6 Å². The summed E-state index contributed by atoms with van der Waals surface area (Å²) in [7, 11) is 0. The fourth-order valence-electron chi connectivity index (χ4n) is 15.0. The maximum atomic E-state index is 13.4. The smallest absolute Gasteiger partial charge is 0.338 e. The molecule has 6 aliphatic rings. The molecule has 3 saturated heterocycles. The van der Waals surface area contributed by atoms with Gasteiger partial charge in [-0.05, 0) is 171 Å². The number of allylic oxidation sites excluding steroid dienone is 3. The normalized spacial score (nSPS) is 34.5. The van der Waals surface area contributed by atoms with Crippen LogP contribution in [0.15, 0.2) is 152 Å². The van der Waals surface area contributed by atoms with E-state index >= 15 is 0 Å². The molecule has 3 N–H and O–H groups in total. The number of carbonyl (C=O) groups is 3. The lowest BCUT2D eigenvalue weighted by atomic mass is 9.60. The Balaban J connectivity index is 0.000000143. The van der Waals surface area contributed by atoms with Crippen molar-refractivity contribution in [3.8, 4) is 33.4 Å². The van der Waals surface area contributed by atoms with Gasteiger partial charge < -0.3 is 29.5 Å². The van der Waals surface area contributed by atoms with Crippen molar-refractivity contribution in [1.29, 1.82) is 0 Å². The predicted octanol–water partition coefficient (Wildman–Crippen LogP) is 13.5. The lowest BCUT2D eigenvalue weighted by Gasteiger charge is -2.44. The number of pyridine rings is 3. The number of aryl methyl sites for hydroxylation is 1. The number of esters is 3. The fourth-order valence-corrected chi connectivity index (χ4v) is 15.0. The highest BCUT2D eigenvalue weighted by atomic mass is 19.1. The Morgan fingerprint density at radius 1 is 0.442 bits per heavy atom. The highest BCUT2D eigenvalue weighted by Gasteiger charge is 2.64. The molecule has 6 aromatic rings. The number of hydrogen-bond acceptors (Lipinski definition) is 12. The van der Waals surface area contributed by atoms with Crippen LogP contribution in [0.1, 0.15) is 104 Å². The Morgan fingerprint density at radius 2 is 0.802 bits per heavy atom. The summed E-state index contributed by atoms with van der Waals surface area (Å²) in [6, 6.07) is 36.8. The van der Waals surface area contributed by atoms with Gasteiger partial charge in [-0.3, -0.25) is 15.0 Å². The van der Waals surface area contributed by atoms with Gasteiger partial charge in [0.1, 0.15) is 24.1 Å². The number of hydrogen-bond donors (Lipinski definition) is 3. The zero-order valence-corrected chi connectivity index (χ0v) is 51.0. The van der Waals surface area contributed by atoms with E-state index in [0.29, 0.717) is 37.0 Å². The first-order chi connectivity index (χ1) is 41.0. The zero-order valence-electron chi connectivity index (χ0n) is 51.0. The molecule has 6 heterocycles. The molecule has 0 unspecified atom stereocenters. The number of carbonyl (C=O) groups excluding carboxylic acids is 3. The maximum absolute atomic E-state index is 13.4. The highest BCUT2D eigenvalue weighted by molar-refractivity contribution is 5.84. The van der Waals surface area contributed by atoms with E-state index in [0.717, 1.165) is 44.9 Å². The van der Waals surface area contributed by atoms with Gasteiger partial charge in [-0.2, -0.15) is 0 Å². The first-order valence-electron chi connectivity index (χ1n) is 30.6. The van der Waals surface area contributed by atoms with Crippen LogP contribution >= 0.6 is 0 Å². The zero-order chi connectivity index (χ0) is 61.4. The predicted molar refractivity (Wildman–Crippen MR) is 332 cm³/mol. The standard InChI is InChI=1S/C25H29NO3.C24H26FNO3.C24H27NO3/c1-15-7-5-6-8-21(15)19-9-10-20(26-14-19)11-12-22-17(3)16(2)13-25(28)23(22)18(4)29-24(25)27;1-14-12-24(28)22(16(3)29-23(24)27)21(15(14)2)10-9-20-8-7-18(13-26-20)17-5-4-6-19(25)11-17;1-15-13-24(27)22(17(3)28-23(24)26)21(16(15)2)12-11-20-10-9-19(14-25-20)18-7-5-4-6-8-18/h5-12,14,16-18,22-23,28H,13H2,1-4H3;4-11,13-16,21-22,28H,12H2,1-3H3;4-12,14-17,21-22,27H,13H2,1-3H3/b12-11+;10-9+;12-11+/t16-,17+,18+,22-,23-,25-;14-,15+,16+,21-,22-,24-;15-,16+,17+,21-,22-,24-/m000/s1. The van der Waals surface area contributed by atoms with Crippen LogP contribution in [0.5, 0.6) is 0 Å². The van der Waals surface area contributed by atoms with E-state index in [1.807, 2.05) is 112 Å². The van der Waals surface area contributed by atoms with E-state index < -0.39 is 34.7 Å². The molecule has 0 amide bonds. The summed E-state index contributed by atoms with van der Waals surface area (Å²) < 4.78 is 29.7. The van der Waals surface area contributed by atoms with Crippen LogP contribution in [0.3, 0.4) is 0 Å². The van der Waals surface area contributed by atoms with Crippen molar-refractivity contribution in [2.24, 2.45) is 71.0 Å². The molecule has 6 fully saturated rings. The summed E-state index contributed by atoms with van der Waals surface area (Å²) in [5.41, 5.74) is 5.71. The van der Waals surface area contributed by atoms with Gasteiger partial charge in [0.15, 0.2) is 16.8 Å². The second-order valence-electron chi connectivity index (χ2n) is 25.7. The van der Waals surface area contributed by atoms with Crippen LogP contribution in [0.25, 0.3) is 51.6 Å². The Morgan fingerprint density at radius 3 is 1.17 bits per heavy atom. The molecule has 3 aromatic heterocycles. The Kier molecular flexibility index (Phi) is 18.0. The van der Waals surface area contributed by atoms with Crippen LogP contribution in [0.2, 0.25) is 0 Å². The van der Waals surface area contributed by atoms with Crippen LogP contribution < -0.4 is 0 Å². The maximum Gasteiger partial charge on any atom is 0.338 e. The molecule has 450 valence electrons. The molecule has 18 atom stereocenters. The monoisotopic (exact) mass is 1160 g/mol. The van der Waals surface area contributed by atoms with Crippen molar-refractivity contribution in [3.63, 3.8) is 0 Å². The second-order valence-corrected chi connectivity index (χ2v) is 25.7. The molecule has 0 bridgehead atoms. The average molecular weight is 1160 g/mol. The van der Waals surface area contributed by atoms with Gasteiger partial charge in [-0.15, -0.1) is 0 Å². The number of nitrogens with zero attached hydrogens (tertiary/aromatic N) is 3. The summed E-state index contributed by atoms with van der Waals surface area (Å²) >= 11 is 0. The van der Waals surface area contributed by atoms with Gasteiger partial charge in [0.25, 0.3) is 0 Å². The van der Waals surface area contributed by atoms with Crippen molar-refractivity contribution in [3.05, 3.63) is 181 Å². The minimum Gasteiger partial charge on any atom is -0.460 e.